The van der Waals surface area contributed by atoms with Crippen molar-refractivity contribution in [2.24, 2.45) is 0 Å². The lowest BCUT2D eigenvalue weighted by Crippen LogP contribution is -2.27. The van der Waals surface area contributed by atoms with Crippen LogP contribution in [0, 0.1) is 11.6 Å². The summed E-state index contributed by atoms with van der Waals surface area (Å²) in [6, 6.07) is 9.80. The standard InChI is InChI=1S/C16H16F2O2/c1-3-16(19,11-5-4-6-12(17)9-11)14-8-7-13(20-2)10-15(14)18/h4-10,19H,3H2,1-2H3. The van der Waals surface area contributed by atoms with Crippen molar-refractivity contribution in [1.82, 2.24) is 0 Å². The number of methoxy groups -OCH3 is 1. The van der Waals surface area contributed by atoms with E-state index in [0.717, 1.165) is 0 Å². The van der Waals surface area contributed by atoms with Crippen molar-refractivity contribution in [2.45, 2.75) is 18.9 Å². The molecule has 0 aliphatic heterocycles. The van der Waals surface area contributed by atoms with Gasteiger partial charge in [0.15, 0.2) is 0 Å². The Kier molecular flexibility index (Phi) is 4.04. The molecular weight excluding hydrogens is 262 g/mol. The van der Waals surface area contributed by atoms with Crippen LogP contribution in [0.2, 0.25) is 0 Å². The summed E-state index contributed by atoms with van der Waals surface area (Å²) < 4.78 is 32.5. The van der Waals surface area contributed by atoms with Gasteiger partial charge in [0.2, 0.25) is 0 Å². The molecular formula is C16H16F2O2. The molecule has 0 aliphatic rings. The second-order valence-corrected chi connectivity index (χ2v) is 4.57. The summed E-state index contributed by atoms with van der Waals surface area (Å²) in [6.07, 6.45) is 0.222. The first-order valence-corrected chi connectivity index (χ1v) is 6.33. The average Bonchev–Trinajstić information content (AvgIpc) is 2.46. The summed E-state index contributed by atoms with van der Waals surface area (Å²) in [5.74, 6) is -0.690. The Labute approximate surface area is 116 Å². The van der Waals surface area contributed by atoms with Gasteiger partial charge < -0.3 is 9.84 Å². The summed E-state index contributed by atoms with van der Waals surface area (Å²) in [4.78, 5) is 0. The van der Waals surface area contributed by atoms with E-state index in [-0.39, 0.29) is 12.0 Å². The van der Waals surface area contributed by atoms with Gasteiger partial charge in [-0.05, 0) is 36.2 Å². The number of rotatable bonds is 4. The molecule has 0 saturated heterocycles. The highest BCUT2D eigenvalue weighted by Crippen LogP contribution is 2.35. The third kappa shape index (κ3) is 2.51. The normalized spacial score (nSPS) is 13.8. The van der Waals surface area contributed by atoms with E-state index < -0.39 is 17.2 Å². The fourth-order valence-corrected chi connectivity index (χ4v) is 2.25. The number of benzene rings is 2. The van der Waals surface area contributed by atoms with E-state index in [1.54, 1.807) is 19.1 Å². The second kappa shape index (κ2) is 5.59. The number of hydrogen-bond acceptors (Lipinski definition) is 2. The lowest BCUT2D eigenvalue weighted by Gasteiger charge is -2.28. The second-order valence-electron chi connectivity index (χ2n) is 4.57. The molecule has 1 atom stereocenters. The molecule has 0 aliphatic carbocycles. The third-order valence-electron chi connectivity index (χ3n) is 3.44. The van der Waals surface area contributed by atoms with Crippen LogP contribution in [0.1, 0.15) is 24.5 Å². The zero-order valence-electron chi connectivity index (χ0n) is 11.4. The average molecular weight is 278 g/mol. The van der Waals surface area contributed by atoms with Gasteiger partial charge in [-0.2, -0.15) is 0 Å². The summed E-state index contributed by atoms with van der Waals surface area (Å²) in [6.45, 7) is 1.72. The van der Waals surface area contributed by atoms with Crippen molar-refractivity contribution in [1.29, 1.82) is 0 Å². The molecule has 0 radical (unpaired) electrons. The van der Waals surface area contributed by atoms with Crippen LogP contribution in [0.3, 0.4) is 0 Å². The first-order valence-electron chi connectivity index (χ1n) is 6.33. The van der Waals surface area contributed by atoms with Gasteiger partial charge in [0.05, 0.1) is 7.11 Å². The predicted octanol–water partition coefficient (Wildman–Crippen LogP) is 3.62. The quantitative estimate of drug-likeness (QED) is 0.925. The van der Waals surface area contributed by atoms with Crippen LogP contribution in [-0.2, 0) is 5.60 Å². The molecule has 0 fully saturated rings. The highest BCUT2D eigenvalue weighted by molar-refractivity contribution is 5.40. The molecule has 1 N–H and O–H groups in total. The molecule has 2 nitrogen and oxygen atoms in total. The van der Waals surface area contributed by atoms with Crippen molar-refractivity contribution < 1.29 is 18.6 Å². The van der Waals surface area contributed by atoms with Crippen LogP contribution < -0.4 is 4.74 Å². The molecule has 0 bridgehead atoms. The molecule has 0 aromatic heterocycles. The van der Waals surface area contributed by atoms with Crippen molar-refractivity contribution in [3.63, 3.8) is 0 Å². The number of aliphatic hydroxyl groups is 1. The van der Waals surface area contributed by atoms with Gasteiger partial charge in [-0.1, -0.05) is 19.1 Å². The Bertz CT molecular complexity index is 613. The van der Waals surface area contributed by atoms with E-state index in [1.165, 1.54) is 37.4 Å². The number of ether oxygens (including phenoxy) is 1. The summed E-state index contributed by atoms with van der Waals surface area (Å²) >= 11 is 0. The SMILES string of the molecule is CCC(O)(c1cccc(F)c1)c1ccc(OC)cc1F. The molecule has 1 unspecified atom stereocenters. The van der Waals surface area contributed by atoms with Crippen molar-refractivity contribution in [3.05, 3.63) is 65.2 Å². The Morgan fingerprint density at radius 1 is 1.15 bits per heavy atom. The van der Waals surface area contributed by atoms with Gasteiger partial charge in [-0.25, -0.2) is 8.78 Å². The van der Waals surface area contributed by atoms with Gasteiger partial charge in [-0.15, -0.1) is 0 Å². The topological polar surface area (TPSA) is 29.5 Å². The van der Waals surface area contributed by atoms with E-state index >= 15 is 0 Å². The van der Waals surface area contributed by atoms with Crippen LogP contribution in [-0.4, -0.2) is 12.2 Å². The Morgan fingerprint density at radius 2 is 1.90 bits per heavy atom. The fourth-order valence-electron chi connectivity index (χ4n) is 2.25. The molecule has 4 heteroatoms. The van der Waals surface area contributed by atoms with Crippen molar-refractivity contribution in [2.75, 3.05) is 7.11 Å². The van der Waals surface area contributed by atoms with Gasteiger partial charge in [-0.3, -0.25) is 0 Å². The summed E-state index contributed by atoms with van der Waals surface area (Å²) in [7, 11) is 1.44. The van der Waals surface area contributed by atoms with Gasteiger partial charge in [0.25, 0.3) is 0 Å². The molecule has 0 saturated carbocycles. The number of halogens is 2. The first-order chi connectivity index (χ1) is 9.51. The molecule has 2 aromatic carbocycles. The minimum Gasteiger partial charge on any atom is -0.497 e. The third-order valence-corrected chi connectivity index (χ3v) is 3.44. The van der Waals surface area contributed by atoms with E-state index in [9.17, 15) is 13.9 Å². The smallest absolute Gasteiger partial charge is 0.133 e. The molecule has 2 aromatic rings. The van der Waals surface area contributed by atoms with Crippen LogP contribution in [0.5, 0.6) is 5.75 Å². The van der Waals surface area contributed by atoms with E-state index in [2.05, 4.69) is 0 Å². The van der Waals surface area contributed by atoms with Crippen LogP contribution in [0.25, 0.3) is 0 Å². The zero-order chi connectivity index (χ0) is 14.8. The highest BCUT2D eigenvalue weighted by atomic mass is 19.1. The summed E-state index contributed by atoms with van der Waals surface area (Å²) in [5, 5.41) is 10.8. The number of hydrogen-bond donors (Lipinski definition) is 1. The van der Waals surface area contributed by atoms with E-state index in [4.69, 9.17) is 4.74 Å². The molecule has 0 spiro atoms. The molecule has 2 rings (SSSR count). The van der Waals surface area contributed by atoms with Crippen molar-refractivity contribution in [3.8, 4) is 5.75 Å². The van der Waals surface area contributed by atoms with Crippen molar-refractivity contribution >= 4 is 0 Å². The minimum atomic E-state index is -1.57. The monoisotopic (exact) mass is 278 g/mol. The van der Waals surface area contributed by atoms with Gasteiger partial charge >= 0.3 is 0 Å². The maximum absolute atomic E-state index is 14.2. The Balaban J connectivity index is 2.56. The van der Waals surface area contributed by atoms with E-state index in [1.807, 2.05) is 0 Å². The maximum Gasteiger partial charge on any atom is 0.133 e. The van der Waals surface area contributed by atoms with Crippen LogP contribution >= 0.6 is 0 Å². The van der Waals surface area contributed by atoms with Gasteiger partial charge in [0, 0.05) is 11.6 Å². The fraction of sp³-hybridized carbons (Fsp3) is 0.250. The van der Waals surface area contributed by atoms with Crippen LogP contribution in [0.15, 0.2) is 42.5 Å². The molecule has 0 heterocycles. The predicted molar refractivity (Wildman–Crippen MR) is 72.6 cm³/mol. The zero-order valence-corrected chi connectivity index (χ0v) is 11.4. The Hall–Kier alpha value is -1.94. The first kappa shape index (κ1) is 14.5. The lowest BCUT2D eigenvalue weighted by molar-refractivity contribution is 0.0721. The maximum atomic E-state index is 14.2. The van der Waals surface area contributed by atoms with E-state index in [0.29, 0.717) is 11.3 Å². The largest absolute Gasteiger partial charge is 0.497 e. The molecule has 20 heavy (non-hydrogen) atoms. The minimum absolute atomic E-state index is 0.103. The lowest BCUT2D eigenvalue weighted by atomic mass is 9.84. The molecule has 0 amide bonds. The highest BCUT2D eigenvalue weighted by Gasteiger charge is 2.32. The van der Waals surface area contributed by atoms with Gasteiger partial charge in [0.1, 0.15) is 23.0 Å². The van der Waals surface area contributed by atoms with Crippen LogP contribution in [0.4, 0.5) is 8.78 Å². The molecule has 106 valence electrons. The summed E-state index contributed by atoms with van der Waals surface area (Å²) in [5.41, 5.74) is -1.14. The Morgan fingerprint density at radius 3 is 2.45 bits per heavy atom.